The van der Waals surface area contributed by atoms with Crippen LogP contribution < -0.4 is 0 Å². The molecule has 0 aromatic carbocycles. The van der Waals surface area contributed by atoms with Crippen LogP contribution in [0.4, 0.5) is 0 Å². The predicted octanol–water partition coefficient (Wildman–Crippen LogP) is 2.42. The van der Waals surface area contributed by atoms with Crippen LogP contribution in [0, 0.1) is 18.4 Å². The molecule has 3 nitrogen and oxygen atoms in total. The molecule has 2 bridgehead atoms. The first-order chi connectivity index (χ1) is 7.20. The standard InChI is InChI=1S/C12H17NO2/c1-3-15-11(14)8-12(13-2)7-9-4-5-10(12)6-9/h9-10H,3-8H2,1H3. The average Bonchev–Trinajstić information content (AvgIpc) is 2.78. The summed E-state index contributed by atoms with van der Waals surface area (Å²) in [6.45, 7) is 9.57. The molecule has 0 aromatic heterocycles. The summed E-state index contributed by atoms with van der Waals surface area (Å²) in [5.41, 5.74) is -0.408. The molecule has 2 aliphatic rings. The Morgan fingerprint density at radius 1 is 1.60 bits per heavy atom. The van der Waals surface area contributed by atoms with Crippen LogP contribution in [0.2, 0.25) is 0 Å². The Hall–Kier alpha value is -1.04. The van der Waals surface area contributed by atoms with Gasteiger partial charge in [-0.3, -0.25) is 4.79 Å². The van der Waals surface area contributed by atoms with Crippen molar-refractivity contribution in [3.05, 3.63) is 11.4 Å². The summed E-state index contributed by atoms with van der Waals surface area (Å²) in [5, 5.41) is 0. The fourth-order valence-electron chi connectivity index (χ4n) is 3.27. The van der Waals surface area contributed by atoms with Crippen LogP contribution in [0.15, 0.2) is 0 Å². The van der Waals surface area contributed by atoms with Crippen molar-refractivity contribution in [3.8, 4) is 0 Å². The highest BCUT2D eigenvalue weighted by molar-refractivity contribution is 5.71. The van der Waals surface area contributed by atoms with E-state index in [0.717, 1.165) is 19.3 Å². The highest BCUT2D eigenvalue weighted by Crippen LogP contribution is 2.54. The zero-order valence-electron chi connectivity index (χ0n) is 9.16. The number of nitrogens with zero attached hydrogens (tertiary/aromatic N) is 1. The van der Waals surface area contributed by atoms with Gasteiger partial charge in [-0.15, -0.1) is 0 Å². The Morgan fingerprint density at radius 2 is 2.40 bits per heavy atom. The molecule has 0 aromatic rings. The van der Waals surface area contributed by atoms with E-state index in [1.54, 1.807) is 0 Å². The molecule has 2 rings (SSSR count). The topological polar surface area (TPSA) is 30.7 Å². The number of ether oxygens (including phenoxy) is 1. The summed E-state index contributed by atoms with van der Waals surface area (Å²) in [7, 11) is 0. The molecule has 2 aliphatic carbocycles. The van der Waals surface area contributed by atoms with E-state index in [2.05, 4.69) is 4.85 Å². The van der Waals surface area contributed by atoms with Gasteiger partial charge in [-0.2, -0.15) is 0 Å². The summed E-state index contributed by atoms with van der Waals surface area (Å²) >= 11 is 0. The smallest absolute Gasteiger partial charge is 0.314 e. The SMILES string of the molecule is [C-]#[N+]C1(CC(=O)OCC)CC2CCC1C2. The zero-order valence-corrected chi connectivity index (χ0v) is 9.16. The second kappa shape index (κ2) is 3.84. The Kier molecular flexibility index (Phi) is 2.68. The maximum atomic E-state index is 11.5. The van der Waals surface area contributed by atoms with Crippen molar-refractivity contribution in [2.45, 2.75) is 44.6 Å². The third-order valence-electron chi connectivity index (χ3n) is 3.92. The molecule has 3 unspecified atom stereocenters. The van der Waals surface area contributed by atoms with E-state index < -0.39 is 5.54 Å². The van der Waals surface area contributed by atoms with Gasteiger partial charge in [0.15, 0.2) is 0 Å². The van der Waals surface area contributed by atoms with Crippen molar-refractivity contribution in [2.75, 3.05) is 6.61 Å². The van der Waals surface area contributed by atoms with Gasteiger partial charge in [0.05, 0.1) is 6.61 Å². The first-order valence-electron chi connectivity index (χ1n) is 5.74. The molecule has 2 saturated carbocycles. The van der Waals surface area contributed by atoms with Crippen molar-refractivity contribution in [3.63, 3.8) is 0 Å². The van der Waals surface area contributed by atoms with Crippen molar-refractivity contribution in [1.82, 2.24) is 0 Å². The van der Waals surface area contributed by atoms with Gasteiger partial charge in [0.1, 0.15) is 6.42 Å². The lowest BCUT2D eigenvalue weighted by Gasteiger charge is -2.25. The average molecular weight is 207 g/mol. The quantitative estimate of drug-likeness (QED) is 0.525. The first kappa shape index (κ1) is 10.5. The largest absolute Gasteiger partial charge is 0.466 e. The van der Waals surface area contributed by atoms with Gasteiger partial charge < -0.3 is 9.58 Å². The van der Waals surface area contributed by atoms with Crippen molar-refractivity contribution in [2.24, 2.45) is 11.8 Å². The molecule has 0 aliphatic heterocycles. The van der Waals surface area contributed by atoms with Gasteiger partial charge >= 0.3 is 5.97 Å². The summed E-state index contributed by atoms with van der Waals surface area (Å²) in [4.78, 5) is 15.2. The number of carbonyl (C=O) groups is 1. The normalized spacial score (nSPS) is 37.6. The maximum Gasteiger partial charge on any atom is 0.314 e. The van der Waals surface area contributed by atoms with Gasteiger partial charge in [-0.1, -0.05) is 0 Å². The Bertz CT molecular complexity index is 307. The second-order valence-electron chi connectivity index (χ2n) is 4.78. The van der Waals surface area contributed by atoms with Crippen molar-refractivity contribution < 1.29 is 9.53 Å². The minimum Gasteiger partial charge on any atom is -0.466 e. The van der Waals surface area contributed by atoms with E-state index in [0.29, 0.717) is 24.9 Å². The number of fused-ring (bicyclic) bond motifs is 2. The Labute approximate surface area is 90.6 Å². The van der Waals surface area contributed by atoms with Gasteiger partial charge in [0.2, 0.25) is 5.54 Å². The summed E-state index contributed by atoms with van der Waals surface area (Å²) in [6, 6.07) is 0. The Morgan fingerprint density at radius 3 is 2.87 bits per heavy atom. The highest BCUT2D eigenvalue weighted by Gasteiger charge is 2.57. The molecule has 82 valence electrons. The minimum absolute atomic E-state index is 0.193. The van der Waals surface area contributed by atoms with E-state index in [4.69, 9.17) is 11.3 Å². The summed E-state index contributed by atoms with van der Waals surface area (Å²) < 4.78 is 4.96. The number of hydrogen-bond donors (Lipinski definition) is 0. The van der Waals surface area contributed by atoms with Crippen LogP contribution in [0.25, 0.3) is 4.85 Å². The third-order valence-corrected chi connectivity index (χ3v) is 3.92. The lowest BCUT2D eigenvalue weighted by Crippen LogP contribution is -2.34. The van der Waals surface area contributed by atoms with Crippen molar-refractivity contribution >= 4 is 5.97 Å². The summed E-state index contributed by atoms with van der Waals surface area (Å²) in [5.74, 6) is 0.948. The molecular formula is C12H17NO2. The molecule has 15 heavy (non-hydrogen) atoms. The molecule has 0 radical (unpaired) electrons. The summed E-state index contributed by atoms with van der Waals surface area (Å²) in [6.07, 6.45) is 4.77. The third kappa shape index (κ3) is 1.73. The monoisotopic (exact) mass is 207 g/mol. The molecule has 0 N–H and O–H groups in total. The first-order valence-corrected chi connectivity index (χ1v) is 5.74. The fourth-order valence-corrected chi connectivity index (χ4v) is 3.27. The van der Waals surface area contributed by atoms with E-state index in [9.17, 15) is 4.79 Å². The van der Waals surface area contributed by atoms with Crippen LogP contribution in [0.1, 0.15) is 39.0 Å². The zero-order chi connectivity index (χ0) is 10.9. The van der Waals surface area contributed by atoms with E-state index in [1.165, 1.54) is 6.42 Å². The van der Waals surface area contributed by atoms with Gasteiger partial charge in [0, 0.05) is 12.3 Å². The maximum absolute atomic E-state index is 11.5. The molecular weight excluding hydrogens is 190 g/mol. The fraction of sp³-hybridized carbons (Fsp3) is 0.833. The van der Waals surface area contributed by atoms with Crippen LogP contribution >= 0.6 is 0 Å². The van der Waals surface area contributed by atoms with Crippen LogP contribution in [0.3, 0.4) is 0 Å². The van der Waals surface area contributed by atoms with Crippen LogP contribution in [0.5, 0.6) is 0 Å². The van der Waals surface area contributed by atoms with Crippen LogP contribution in [-0.4, -0.2) is 18.1 Å². The van der Waals surface area contributed by atoms with Gasteiger partial charge in [0.25, 0.3) is 0 Å². The molecule has 0 saturated heterocycles. The van der Waals surface area contributed by atoms with Crippen LogP contribution in [-0.2, 0) is 9.53 Å². The number of hydrogen-bond acceptors (Lipinski definition) is 2. The number of rotatable bonds is 3. The predicted molar refractivity (Wildman–Crippen MR) is 56.0 cm³/mol. The minimum atomic E-state index is -0.408. The molecule has 0 spiro atoms. The molecule has 3 atom stereocenters. The van der Waals surface area contributed by atoms with Gasteiger partial charge in [-0.25, -0.2) is 6.57 Å². The van der Waals surface area contributed by atoms with E-state index in [-0.39, 0.29) is 5.97 Å². The molecule has 0 amide bonds. The van der Waals surface area contributed by atoms with E-state index in [1.807, 2.05) is 6.92 Å². The lowest BCUT2D eigenvalue weighted by atomic mass is 9.79. The molecule has 0 heterocycles. The molecule has 3 heteroatoms. The van der Waals surface area contributed by atoms with Gasteiger partial charge in [-0.05, 0) is 32.1 Å². The highest BCUT2D eigenvalue weighted by atomic mass is 16.5. The number of carbonyl (C=O) groups excluding carboxylic acids is 1. The second-order valence-corrected chi connectivity index (χ2v) is 4.78. The number of esters is 1. The molecule has 2 fully saturated rings. The lowest BCUT2D eigenvalue weighted by molar-refractivity contribution is -0.144. The Balaban J connectivity index is 2.04. The van der Waals surface area contributed by atoms with Crippen molar-refractivity contribution in [1.29, 1.82) is 0 Å². The van der Waals surface area contributed by atoms with E-state index >= 15 is 0 Å².